The summed E-state index contributed by atoms with van der Waals surface area (Å²) in [5.74, 6) is 2.62. The number of amides is 1. The molecule has 0 bridgehead atoms. The van der Waals surface area contributed by atoms with E-state index in [1.165, 1.54) is 0 Å². The van der Waals surface area contributed by atoms with Crippen molar-refractivity contribution in [3.8, 4) is 23.0 Å². The van der Waals surface area contributed by atoms with Gasteiger partial charge in [-0.05, 0) is 54.9 Å². The van der Waals surface area contributed by atoms with E-state index in [9.17, 15) is 4.79 Å². The van der Waals surface area contributed by atoms with E-state index in [4.69, 9.17) is 18.9 Å². The molecule has 0 saturated carbocycles. The van der Waals surface area contributed by atoms with Crippen molar-refractivity contribution in [3.63, 3.8) is 0 Å². The highest BCUT2D eigenvalue weighted by Gasteiger charge is 2.13. The van der Waals surface area contributed by atoms with Crippen molar-refractivity contribution in [3.05, 3.63) is 47.0 Å². The van der Waals surface area contributed by atoms with Crippen molar-refractivity contribution in [2.75, 3.05) is 42.0 Å². The van der Waals surface area contributed by atoms with E-state index in [0.29, 0.717) is 36.1 Å². The van der Waals surface area contributed by atoms with Gasteiger partial charge in [-0.15, -0.1) is 0 Å². The van der Waals surface area contributed by atoms with E-state index in [2.05, 4.69) is 5.32 Å². The molecule has 29 heavy (non-hydrogen) atoms. The first-order chi connectivity index (χ1) is 13.9. The number of rotatable bonds is 10. The van der Waals surface area contributed by atoms with Crippen molar-refractivity contribution in [2.24, 2.45) is 0 Å². The van der Waals surface area contributed by atoms with Crippen LogP contribution in [0.2, 0.25) is 0 Å². The molecule has 2 aromatic rings. The van der Waals surface area contributed by atoms with Crippen LogP contribution in [0.5, 0.6) is 23.0 Å². The fourth-order valence-corrected chi connectivity index (χ4v) is 3.03. The molecule has 1 amide bonds. The number of hydrogen-bond donors (Lipinski definition) is 1. The standard InChI is InChI=1S/C22H30N2O5/c1-15-9-19(27-4)21(29-6)11-17(15)13-24(2)14-22(25)23-12-16-7-8-18(26-3)20(10-16)28-5/h7-11H,12-14H2,1-6H3,(H,23,25). The van der Waals surface area contributed by atoms with Crippen LogP contribution in [0.1, 0.15) is 16.7 Å². The molecule has 7 heteroatoms. The Kier molecular flexibility index (Phi) is 8.15. The second-order valence-electron chi connectivity index (χ2n) is 6.77. The molecule has 0 aromatic heterocycles. The molecule has 0 aliphatic heterocycles. The van der Waals surface area contributed by atoms with Gasteiger partial charge in [0.2, 0.25) is 5.91 Å². The number of benzene rings is 2. The summed E-state index contributed by atoms with van der Waals surface area (Å²) in [7, 11) is 8.32. The second-order valence-corrected chi connectivity index (χ2v) is 6.77. The number of nitrogens with one attached hydrogen (secondary N) is 1. The molecule has 7 nitrogen and oxygen atoms in total. The molecule has 2 rings (SSSR count). The number of aryl methyl sites for hydroxylation is 1. The van der Waals surface area contributed by atoms with E-state index in [-0.39, 0.29) is 12.5 Å². The zero-order valence-electron chi connectivity index (χ0n) is 18.0. The molecule has 0 radical (unpaired) electrons. The number of ether oxygens (including phenoxy) is 4. The van der Waals surface area contributed by atoms with Crippen LogP contribution >= 0.6 is 0 Å². The molecule has 0 spiro atoms. The molecular weight excluding hydrogens is 372 g/mol. The predicted octanol–water partition coefficient (Wildman–Crippen LogP) is 2.78. The minimum Gasteiger partial charge on any atom is -0.493 e. The molecule has 158 valence electrons. The van der Waals surface area contributed by atoms with E-state index in [1.54, 1.807) is 28.4 Å². The minimum absolute atomic E-state index is 0.0552. The van der Waals surface area contributed by atoms with Crippen LogP contribution in [0.15, 0.2) is 30.3 Å². The van der Waals surface area contributed by atoms with Gasteiger partial charge in [0.25, 0.3) is 0 Å². The second kappa shape index (κ2) is 10.6. The first kappa shape index (κ1) is 22.4. The Morgan fingerprint density at radius 3 is 2.10 bits per heavy atom. The topological polar surface area (TPSA) is 69.3 Å². The van der Waals surface area contributed by atoms with E-state index >= 15 is 0 Å². The highest BCUT2D eigenvalue weighted by molar-refractivity contribution is 5.78. The third-order valence-electron chi connectivity index (χ3n) is 4.63. The molecule has 0 atom stereocenters. The third-order valence-corrected chi connectivity index (χ3v) is 4.63. The molecule has 0 heterocycles. The molecular formula is C22H30N2O5. The van der Waals surface area contributed by atoms with Gasteiger partial charge in [-0.25, -0.2) is 0 Å². The van der Waals surface area contributed by atoms with Gasteiger partial charge in [0.15, 0.2) is 23.0 Å². The van der Waals surface area contributed by atoms with Gasteiger partial charge >= 0.3 is 0 Å². The fourth-order valence-electron chi connectivity index (χ4n) is 3.03. The molecule has 0 unspecified atom stereocenters. The molecule has 0 saturated heterocycles. The Morgan fingerprint density at radius 1 is 0.897 bits per heavy atom. The van der Waals surface area contributed by atoms with E-state index in [0.717, 1.165) is 16.7 Å². The lowest BCUT2D eigenvalue weighted by atomic mass is 10.1. The van der Waals surface area contributed by atoms with Crippen molar-refractivity contribution in [2.45, 2.75) is 20.0 Å². The average Bonchev–Trinajstić information content (AvgIpc) is 2.72. The summed E-state index contributed by atoms with van der Waals surface area (Å²) in [6.07, 6.45) is 0. The number of nitrogens with zero attached hydrogens (tertiary/aromatic N) is 1. The number of carbonyl (C=O) groups is 1. The smallest absolute Gasteiger partial charge is 0.234 e. The van der Waals surface area contributed by atoms with Crippen molar-refractivity contribution in [1.29, 1.82) is 0 Å². The van der Waals surface area contributed by atoms with Crippen LogP contribution in [-0.4, -0.2) is 52.8 Å². The number of methoxy groups -OCH3 is 4. The highest BCUT2D eigenvalue weighted by Crippen LogP contribution is 2.30. The van der Waals surface area contributed by atoms with Crippen LogP contribution in [-0.2, 0) is 17.9 Å². The third kappa shape index (κ3) is 6.02. The van der Waals surface area contributed by atoms with Gasteiger partial charge in [-0.3, -0.25) is 9.69 Å². The van der Waals surface area contributed by atoms with Crippen molar-refractivity contribution >= 4 is 5.91 Å². The van der Waals surface area contributed by atoms with Gasteiger partial charge in [0, 0.05) is 13.1 Å². The zero-order chi connectivity index (χ0) is 21.4. The summed E-state index contributed by atoms with van der Waals surface area (Å²) in [5, 5.41) is 2.94. The van der Waals surface area contributed by atoms with Crippen LogP contribution < -0.4 is 24.3 Å². The van der Waals surface area contributed by atoms with Crippen LogP contribution in [0.25, 0.3) is 0 Å². The largest absolute Gasteiger partial charge is 0.493 e. The highest BCUT2D eigenvalue weighted by atomic mass is 16.5. The molecule has 0 aliphatic carbocycles. The lowest BCUT2D eigenvalue weighted by Gasteiger charge is -2.19. The quantitative estimate of drug-likeness (QED) is 0.659. The van der Waals surface area contributed by atoms with Gasteiger partial charge in [-0.2, -0.15) is 0 Å². The SMILES string of the molecule is COc1ccc(CNC(=O)CN(C)Cc2cc(OC)c(OC)cc2C)cc1OC. The predicted molar refractivity (Wildman–Crippen MR) is 112 cm³/mol. The normalized spacial score (nSPS) is 10.6. The summed E-state index contributed by atoms with van der Waals surface area (Å²) in [5.41, 5.74) is 3.10. The summed E-state index contributed by atoms with van der Waals surface area (Å²) in [4.78, 5) is 14.3. The zero-order valence-corrected chi connectivity index (χ0v) is 18.0. The fraction of sp³-hybridized carbons (Fsp3) is 0.409. The summed E-state index contributed by atoms with van der Waals surface area (Å²) in [6, 6.07) is 9.48. The first-order valence-corrected chi connectivity index (χ1v) is 9.29. The number of carbonyl (C=O) groups excluding carboxylic acids is 1. The Morgan fingerprint density at radius 2 is 1.48 bits per heavy atom. The number of hydrogen-bond acceptors (Lipinski definition) is 6. The average molecular weight is 402 g/mol. The molecule has 2 aromatic carbocycles. The maximum atomic E-state index is 12.3. The van der Waals surface area contributed by atoms with Crippen LogP contribution in [0, 0.1) is 6.92 Å². The van der Waals surface area contributed by atoms with E-state index in [1.807, 2.05) is 49.2 Å². The van der Waals surface area contributed by atoms with Crippen molar-refractivity contribution < 1.29 is 23.7 Å². The lowest BCUT2D eigenvalue weighted by Crippen LogP contribution is -2.34. The Hall–Kier alpha value is -2.93. The summed E-state index contributed by atoms with van der Waals surface area (Å²) < 4.78 is 21.2. The van der Waals surface area contributed by atoms with Crippen LogP contribution in [0.4, 0.5) is 0 Å². The van der Waals surface area contributed by atoms with Gasteiger partial charge in [-0.1, -0.05) is 6.07 Å². The van der Waals surface area contributed by atoms with Gasteiger partial charge < -0.3 is 24.3 Å². The van der Waals surface area contributed by atoms with Gasteiger partial charge in [0.1, 0.15) is 0 Å². The maximum absolute atomic E-state index is 12.3. The number of likely N-dealkylation sites (N-methyl/N-ethyl adjacent to an activating group) is 1. The summed E-state index contributed by atoms with van der Waals surface area (Å²) in [6.45, 7) is 3.34. The first-order valence-electron chi connectivity index (χ1n) is 9.29. The monoisotopic (exact) mass is 402 g/mol. The lowest BCUT2D eigenvalue weighted by molar-refractivity contribution is -0.122. The molecule has 0 aliphatic rings. The van der Waals surface area contributed by atoms with Crippen molar-refractivity contribution in [1.82, 2.24) is 10.2 Å². The summed E-state index contributed by atoms with van der Waals surface area (Å²) >= 11 is 0. The minimum atomic E-state index is -0.0552. The Bertz CT molecular complexity index is 838. The Balaban J connectivity index is 1.93. The van der Waals surface area contributed by atoms with E-state index < -0.39 is 0 Å². The molecule has 1 N–H and O–H groups in total. The molecule has 0 fully saturated rings. The van der Waals surface area contributed by atoms with Gasteiger partial charge in [0.05, 0.1) is 35.0 Å². The van der Waals surface area contributed by atoms with Crippen LogP contribution in [0.3, 0.4) is 0 Å². The maximum Gasteiger partial charge on any atom is 0.234 e. The Labute approximate surface area is 172 Å².